The van der Waals surface area contributed by atoms with E-state index in [0.717, 1.165) is 49.5 Å². The maximum absolute atomic E-state index is 6.69. The molecule has 0 saturated heterocycles. The molecule has 212 valence electrons. The number of furan rings is 1. The van der Waals surface area contributed by atoms with Crippen LogP contribution in [-0.2, 0) is 5.41 Å². The van der Waals surface area contributed by atoms with Gasteiger partial charge in [-0.1, -0.05) is 117 Å². The summed E-state index contributed by atoms with van der Waals surface area (Å²) in [6, 6.07) is 45.1. The van der Waals surface area contributed by atoms with Crippen molar-refractivity contribution in [3.63, 3.8) is 0 Å². The lowest BCUT2D eigenvalue weighted by atomic mass is 9.82. The molecule has 0 aliphatic heterocycles. The molecule has 4 nitrogen and oxygen atoms in total. The summed E-state index contributed by atoms with van der Waals surface area (Å²) in [6.07, 6.45) is 0. The lowest BCUT2D eigenvalue weighted by molar-refractivity contribution is 0.661. The van der Waals surface area contributed by atoms with Crippen molar-refractivity contribution in [1.29, 1.82) is 0 Å². The molecule has 0 spiro atoms. The lowest BCUT2D eigenvalue weighted by Crippen LogP contribution is -2.15. The summed E-state index contributed by atoms with van der Waals surface area (Å²) in [4.78, 5) is 10.6. The molecule has 0 fully saturated rings. The number of para-hydroxylation sites is 1. The maximum Gasteiger partial charge on any atom is 0.236 e. The largest absolute Gasteiger partial charge is 0.451 e. The third-order valence-corrected chi connectivity index (χ3v) is 9.82. The van der Waals surface area contributed by atoms with Crippen LogP contribution in [0.3, 0.4) is 0 Å². The molecule has 6 aromatic carbocycles. The minimum absolute atomic E-state index is 0.122. The topological polar surface area (TPSA) is 43.9 Å². The number of hydrogen-bond acceptors (Lipinski definition) is 3. The van der Waals surface area contributed by atoms with Gasteiger partial charge in [0, 0.05) is 32.5 Å². The van der Waals surface area contributed by atoms with E-state index >= 15 is 0 Å². The first-order valence-electron chi connectivity index (χ1n) is 15.4. The molecule has 3 aromatic heterocycles. The van der Waals surface area contributed by atoms with Crippen molar-refractivity contribution in [2.24, 2.45) is 0 Å². The van der Waals surface area contributed by atoms with Gasteiger partial charge in [0.1, 0.15) is 16.8 Å². The first kappa shape index (κ1) is 24.7. The first-order chi connectivity index (χ1) is 22.1. The smallest absolute Gasteiger partial charge is 0.236 e. The predicted octanol–water partition coefficient (Wildman–Crippen LogP) is 10.6. The van der Waals surface area contributed by atoms with E-state index in [-0.39, 0.29) is 5.41 Å². The standard InChI is InChI=1S/C41H27N3O/c1-41(2)32-18-10-8-16-27(32)30-22-31-28-17-9-11-19-34(28)44(35(31)23-33(30)41)40-42-36(25-13-4-3-5-14-25)39-37(43-40)29-21-20-24-12-6-7-15-26(24)38(29)45-39/h3-23H,1-2H3. The minimum Gasteiger partial charge on any atom is -0.451 e. The molecule has 0 saturated carbocycles. The molecule has 45 heavy (non-hydrogen) atoms. The molecule has 0 bridgehead atoms. The van der Waals surface area contributed by atoms with Crippen molar-refractivity contribution in [3.05, 3.63) is 139 Å². The van der Waals surface area contributed by atoms with Gasteiger partial charge < -0.3 is 4.42 Å². The Morgan fingerprint density at radius 2 is 1.31 bits per heavy atom. The normalized spacial score (nSPS) is 13.7. The third kappa shape index (κ3) is 3.26. The zero-order valence-corrected chi connectivity index (χ0v) is 24.9. The maximum atomic E-state index is 6.69. The van der Waals surface area contributed by atoms with Crippen molar-refractivity contribution < 1.29 is 4.42 Å². The van der Waals surface area contributed by atoms with E-state index in [1.165, 1.54) is 33.0 Å². The highest BCUT2D eigenvalue weighted by Crippen LogP contribution is 2.51. The molecule has 0 unspecified atom stereocenters. The molecular weight excluding hydrogens is 550 g/mol. The van der Waals surface area contributed by atoms with E-state index in [4.69, 9.17) is 14.4 Å². The highest BCUT2D eigenvalue weighted by molar-refractivity contribution is 6.16. The Kier molecular flexibility index (Phi) is 4.76. The highest BCUT2D eigenvalue weighted by Gasteiger charge is 2.36. The van der Waals surface area contributed by atoms with Crippen LogP contribution in [0.1, 0.15) is 25.0 Å². The number of rotatable bonds is 2. The predicted molar refractivity (Wildman–Crippen MR) is 184 cm³/mol. The van der Waals surface area contributed by atoms with Crippen LogP contribution in [0, 0.1) is 0 Å². The van der Waals surface area contributed by atoms with Crippen LogP contribution < -0.4 is 0 Å². The van der Waals surface area contributed by atoms with E-state index < -0.39 is 0 Å². The zero-order valence-electron chi connectivity index (χ0n) is 24.9. The van der Waals surface area contributed by atoms with Crippen molar-refractivity contribution in [2.75, 3.05) is 0 Å². The Morgan fingerprint density at radius 3 is 2.20 bits per heavy atom. The second-order valence-electron chi connectivity index (χ2n) is 12.6. The zero-order chi connectivity index (χ0) is 29.9. The van der Waals surface area contributed by atoms with Gasteiger partial charge in [-0.3, -0.25) is 4.57 Å². The van der Waals surface area contributed by atoms with Crippen molar-refractivity contribution >= 4 is 54.6 Å². The van der Waals surface area contributed by atoms with E-state index in [1.54, 1.807) is 0 Å². The van der Waals surface area contributed by atoms with Gasteiger partial charge >= 0.3 is 0 Å². The summed E-state index contributed by atoms with van der Waals surface area (Å²) in [5, 5.41) is 5.58. The van der Waals surface area contributed by atoms with Gasteiger partial charge in [0.15, 0.2) is 5.58 Å². The van der Waals surface area contributed by atoms with Crippen LogP contribution in [0.25, 0.3) is 83.0 Å². The van der Waals surface area contributed by atoms with Crippen molar-refractivity contribution in [1.82, 2.24) is 14.5 Å². The second-order valence-corrected chi connectivity index (χ2v) is 12.6. The van der Waals surface area contributed by atoms with Gasteiger partial charge in [-0.25, -0.2) is 9.97 Å². The van der Waals surface area contributed by atoms with Crippen LogP contribution in [0.15, 0.2) is 132 Å². The Hall–Kier alpha value is -5.74. The van der Waals surface area contributed by atoms with Crippen molar-refractivity contribution in [2.45, 2.75) is 19.3 Å². The fraction of sp³-hybridized carbons (Fsp3) is 0.0732. The Labute approximate surface area is 259 Å². The third-order valence-electron chi connectivity index (χ3n) is 9.82. The van der Waals surface area contributed by atoms with Crippen LogP contribution in [0.4, 0.5) is 0 Å². The van der Waals surface area contributed by atoms with Crippen LogP contribution >= 0.6 is 0 Å². The molecule has 0 N–H and O–H groups in total. The van der Waals surface area contributed by atoms with Gasteiger partial charge in [-0.15, -0.1) is 0 Å². The quantitative estimate of drug-likeness (QED) is 0.205. The molecular formula is C41H27N3O. The van der Waals surface area contributed by atoms with E-state index in [2.05, 4.69) is 128 Å². The molecule has 9 aromatic rings. The first-order valence-corrected chi connectivity index (χ1v) is 15.4. The van der Waals surface area contributed by atoms with Crippen LogP contribution in [-0.4, -0.2) is 14.5 Å². The van der Waals surface area contributed by atoms with E-state index in [1.807, 2.05) is 18.2 Å². The number of aromatic nitrogens is 3. The average Bonchev–Trinajstić information content (AvgIpc) is 3.70. The highest BCUT2D eigenvalue weighted by atomic mass is 16.3. The molecule has 4 heteroatoms. The van der Waals surface area contributed by atoms with Gasteiger partial charge in [0.05, 0.1) is 11.0 Å². The minimum atomic E-state index is -0.122. The van der Waals surface area contributed by atoms with Gasteiger partial charge in [-0.05, 0) is 51.9 Å². The van der Waals surface area contributed by atoms with Gasteiger partial charge in [0.25, 0.3) is 0 Å². The number of nitrogens with zero attached hydrogens (tertiary/aromatic N) is 3. The molecule has 10 rings (SSSR count). The van der Waals surface area contributed by atoms with Crippen LogP contribution in [0.5, 0.6) is 0 Å². The SMILES string of the molecule is CC1(C)c2ccccc2-c2cc3c4ccccc4n(-c4nc(-c5ccccc5)c5oc6c7ccccc7ccc6c5n4)c3cc21. The second kappa shape index (κ2) is 8.67. The lowest BCUT2D eigenvalue weighted by Gasteiger charge is -2.21. The molecule has 1 aliphatic carbocycles. The van der Waals surface area contributed by atoms with Crippen LogP contribution in [0.2, 0.25) is 0 Å². The molecule has 3 heterocycles. The Balaban J connectivity index is 1.34. The van der Waals surface area contributed by atoms with Gasteiger partial charge in [-0.2, -0.15) is 0 Å². The number of fused-ring (bicyclic) bond motifs is 11. The average molecular weight is 578 g/mol. The molecule has 0 atom stereocenters. The summed E-state index contributed by atoms with van der Waals surface area (Å²) in [7, 11) is 0. The fourth-order valence-corrected chi connectivity index (χ4v) is 7.63. The fourth-order valence-electron chi connectivity index (χ4n) is 7.63. The molecule has 1 aliphatic rings. The molecule has 0 amide bonds. The van der Waals surface area contributed by atoms with E-state index in [9.17, 15) is 0 Å². The summed E-state index contributed by atoms with van der Waals surface area (Å²) in [5.74, 6) is 0.636. The van der Waals surface area contributed by atoms with E-state index in [0.29, 0.717) is 11.5 Å². The summed E-state index contributed by atoms with van der Waals surface area (Å²) >= 11 is 0. The summed E-state index contributed by atoms with van der Waals surface area (Å²) in [6.45, 7) is 4.66. The van der Waals surface area contributed by atoms with Crippen molar-refractivity contribution in [3.8, 4) is 28.3 Å². The number of hydrogen-bond donors (Lipinski definition) is 0. The monoisotopic (exact) mass is 577 g/mol. The number of benzene rings is 6. The van der Waals surface area contributed by atoms with Gasteiger partial charge in [0.2, 0.25) is 5.95 Å². The Bertz CT molecular complexity index is 2680. The summed E-state index contributed by atoms with van der Waals surface area (Å²) in [5.41, 5.74) is 11.5. The summed E-state index contributed by atoms with van der Waals surface area (Å²) < 4.78 is 8.93. The Morgan fingerprint density at radius 1 is 0.556 bits per heavy atom. The molecule has 0 radical (unpaired) electrons.